The fourth-order valence-corrected chi connectivity index (χ4v) is 3.52. The number of piperidine rings is 1. The maximum absolute atomic E-state index is 11.3. The molecule has 2 atom stereocenters. The zero-order valence-corrected chi connectivity index (χ0v) is 13.8. The van der Waals surface area contributed by atoms with Crippen molar-refractivity contribution in [3.63, 3.8) is 0 Å². The number of nitrogens with one attached hydrogen (secondary N) is 1. The number of hydrogen-bond donors (Lipinski definition) is 2. The van der Waals surface area contributed by atoms with Crippen LogP contribution in [0.2, 0.25) is 0 Å². The van der Waals surface area contributed by atoms with E-state index in [1.165, 1.54) is 5.69 Å². The van der Waals surface area contributed by atoms with Gasteiger partial charge in [-0.15, -0.1) is 11.3 Å². The monoisotopic (exact) mass is 365 g/mol. The van der Waals surface area contributed by atoms with Crippen LogP contribution in [-0.4, -0.2) is 51.7 Å². The molecule has 2 saturated heterocycles. The maximum Gasteiger partial charge on any atom is 0.490 e. The number of carboxylic acids is 1. The van der Waals surface area contributed by atoms with Crippen LogP contribution in [-0.2, 0) is 16.1 Å². The summed E-state index contributed by atoms with van der Waals surface area (Å²) in [5, 5.41) is 13.5. The van der Waals surface area contributed by atoms with Crippen molar-refractivity contribution in [3.8, 4) is 0 Å². The molecule has 2 N–H and O–H groups in total. The first-order valence-electron chi connectivity index (χ1n) is 7.41. The molecular weight excluding hydrogens is 347 g/mol. The lowest BCUT2D eigenvalue weighted by molar-refractivity contribution is -0.192. The van der Waals surface area contributed by atoms with E-state index in [-0.39, 0.29) is 5.91 Å². The molecule has 0 aliphatic carbocycles. The number of aromatic nitrogens is 1. The SMILES string of the molecule is Cc1nc(CN2CC[C@H]3NC(=O)CC[C@@H]32)cs1.O=C(O)C(F)(F)F. The fraction of sp³-hybridized carbons (Fsp3) is 0.643. The van der Waals surface area contributed by atoms with Gasteiger partial charge in [0.05, 0.1) is 10.7 Å². The van der Waals surface area contributed by atoms with Gasteiger partial charge in [0.2, 0.25) is 5.91 Å². The second-order valence-corrected chi connectivity index (χ2v) is 6.76. The highest BCUT2D eigenvalue weighted by Crippen LogP contribution is 2.27. The Bertz CT molecular complexity index is 606. The molecule has 2 aliphatic heterocycles. The van der Waals surface area contributed by atoms with Crippen LogP contribution in [0.3, 0.4) is 0 Å². The average molecular weight is 365 g/mol. The predicted molar refractivity (Wildman–Crippen MR) is 80.5 cm³/mol. The number of amides is 1. The van der Waals surface area contributed by atoms with Crippen molar-refractivity contribution >= 4 is 23.2 Å². The molecule has 0 radical (unpaired) electrons. The Morgan fingerprint density at radius 2 is 2.17 bits per heavy atom. The Morgan fingerprint density at radius 1 is 1.50 bits per heavy atom. The van der Waals surface area contributed by atoms with E-state index in [2.05, 4.69) is 20.6 Å². The molecule has 1 aromatic heterocycles. The van der Waals surface area contributed by atoms with E-state index in [0.717, 1.165) is 30.9 Å². The minimum atomic E-state index is -5.08. The molecule has 0 saturated carbocycles. The topological polar surface area (TPSA) is 82.5 Å². The first kappa shape index (κ1) is 18.7. The Balaban J connectivity index is 0.000000256. The third-order valence-electron chi connectivity index (χ3n) is 3.95. The number of alkyl halides is 3. The lowest BCUT2D eigenvalue weighted by Gasteiger charge is -2.31. The molecule has 0 unspecified atom stereocenters. The minimum Gasteiger partial charge on any atom is -0.475 e. The van der Waals surface area contributed by atoms with Gasteiger partial charge in [0.25, 0.3) is 0 Å². The standard InChI is InChI=1S/C12H17N3OS.C2HF3O2/c1-8-13-9(7-17-8)6-15-5-4-10-11(15)2-3-12(16)14-10;3-2(4,5)1(6)7/h7,10-11H,2-6H2,1H3,(H,14,16);(H,6,7)/t10-,11+;/m1./s1. The third-order valence-corrected chi connectivity index (χ3v) is 4.77. The van der Waals surface area contributed by atoms with Gasteiger partial charge in [-0.05, 0) is 19.8 Å². The zero-order chi connectivity index (χ0) is 17.9. The molecule has 2 aliphatic rings. The molecule has 134 valence electrons. The number of rotatable bonds is 2. The quantitative estimate of drug-likeness (QED) is 0.837. The third kappa shape index (κ3) is 4.91. The number of carbonyl (C=O) groups is 2. The predicted octanol–water partition coefficient (Wildman–Crippen LogP) is 1.94. The summed E-state index contributed by atoms with van der Waals surface area (Å²) in [6.45, 7) is 4.05. The zero-order valence-electron chi connectivity index (χ0n) is 13.0. The summed E-state index contributed by atoms with van der Waals surface area (Å²) in [6, 6.07) is 0.894. The number of nitrogens with zero attached hydrogens (tertiary/aromatic N) is 2. The second kappa shape index (κ2) is 7.47. The van der Waals surface area contributed by atoms with Gasteiger partial charge in [-0.25, -0.2) is 9.78 Å². The molecule has 2 fully saturated rings. The number of thiazole rings is 1. The highest BCUT2D eigenvalue weighted by atomic mass is 32.1. The average Bonchev–Trinajstić information content (AvgIpc) is 3.05. The number of carbonyl (C=O) groups excluding carboxylic acids is 1. The summed E-state index contributed by atoms with van der Waals surface area (Å²) in [7, 11) is 0. The van der Waals surface area contributed by atoms with Crippen molar-refractivity contribution in [3.05, 3.63) is 16.1 Å². The Morgan fingerprint density at radius 3 is 2.71 bits per heavy atom. The van der Waals surface area contributed by atoms with Crippen LogP contribution in [0.15, 0.2) is 5.38 Å². The van der Waals surface area contributed by atoms with Gasteiger partial charge in [0, 0.05) is 37.0 Å². The van der Waals surface area contributed by atoms with Gasteiger partial charge >= 0.3 is 12.1 Å². The number of carboxylic acid groups (broad SMARTS) is 1. The van der Waals surface area contributed by atoms with E-state index >= 15 is 0 Å². The molecule has 3 rings (SSSR count). The van der Waals surface area contributed by atoms with Gasteiger partial charge in [-0.3, -0.25) is 9.69 Å². The summed E-state index contributed by atoms with van der Waals surface area (Å²) < 4.78 is 31.7. The van der Waals surface area contributed by atoms with E-state index in [4.69, 9.17) is 9.90 Å². The highest BCUT2D eigenvalue weighted by molar-refractivity contribution is 7.09. The van der Waals surface area contributed by atoms with E-state index in [0.29, 0.717) is 18.5 Å². The van der Waals surface area contributed by atoms with E-state index in [9.17, 15) is 18.0 Å². The van der Waals surface area contributed by atoms with Gasteiger partial charge in [-0.1, -0.05) is 0 Å². The first-order valence-corrected chi connectivity index (χ1v) is 8.29. The molecule has 24 heavy (non-hydrogen) atoms. The Kier molecular flexibility index (Phi) is 5.81. The molecule has 1 amide bonds. The van der Waals surface area contributed by atoms with E-state index < -0.39 is 12.1 Å². The minimum absolute atomic E-state index is 0.220. The lowest BCUT2D eigenvalue weighted by Crippen LogP contribution is -2.49. The number of hydrogen-bond acceptors (Lipinski definition) is 5. The van der Waals surface area contributed by atoms with Crippen molar-refractivity contribution in [2.75, 3.05) is 6.54 Å². The summed E-state index contributed by atoms with van der Waals surface area (Å²) in [4.78, 5) is 27.2. The van der Waals surface area contributed by atoms with Crippen molar-refractivity contribution in [1.82, 2.24) is 15.2 Å². The van der Waals surface area contributed by atoms with Crippen LogP contribution in [0.25, 0.3) is 0 Å². The first-order chi connectivity index (χ1) is 11.2. The van der Waals surface area contributed by atoms with Crippen molar-refractivity contribution < 1.29 is 27.9 Å². The number of aliphatic carboxylic acids is 1. The van der Waals surface area contributed by atoms with Gasteiger partial charge in [0.15, 0.2) is 0 Å². The van der Waals surface area contributed by atoms with Crippen LogP contribution in [0, 0.1) is 6.92 Å². The number of aryl methyl sites for hydroxylation is 1. The molecule has 0 aromatic carbocycles. The number of halogens is 3. The Hall–Kier alpha value is -1.68. The molecular formula is C14H18F3N3O3S. The summed E-state index contributed by atoms with van der Waals surface area (Å²) in [5.41, 5.74) is 1.17. The smallest absolute Gasteiger partial charge is 0.475 e. The summed E-state index contributed by atoms with van der Waals surface area (Å²) in [6.07, 6.45) is -2.33. The fourth-order valence-electron chi connectivity index (χ4n) is 2.91. The number of likely N-dealkylation sites (tertiary alicyclic amines) is 1. The number of fused-ring (bicyclic) bond motifs is 1. The van der Waals surface area contributed by atoms with E-state index in [1.807, 2.05) is 6.92 Å². The normalized spacial score (nSPS) is 23.9. The van der Waals surface area contributed by atoms with Crippen LogP contribution in [0.1, 0.15) is 30.0 Å². The van der Waals surface area contributed by atoms with Crippen LogP contribution in [0.5, 0.6) is 0 Å². The van der Waals surface area contributed by atoms with Crippen LogP contribution < -0.4 is 5.32 Å². The highest BCUT2D eigenvalue weighted by Gasteiger charge is 2.38. The second-order valence-electron chi connectivity index (χ2n) is 5.70. The molecule has 0 bridgehead atoms. The van der Waals surface area contributed by atoms with Gasteiger partial charge in [0.1, 0.15) is 0 Å². The molecule has 1 aromatic rings. The van der Waals surface area contributed by atoms with Crippen molar-refractivity contribution in [2.24, 2.45) is 0 Å². The largest absolute Gasteiger partial charge is 0.490 e. The maximum atomic E-state index is 11.3. The van der Waals surface area contributed by atoms with Gasteiger partial charge < -0.3 is 10.4 Å². The van der Waals surface area contributed by atoms with Crippen LogP contribution in [0.4, 0.5) is 13.2 Å². The molecule has 10 heteroatoms. The van der Waals surface area contributed by atoms with Crippen molar-refractivity contribution in [1.29, 1.82) is 0 Å². The van der Waals surface area contributed by atoms with Crippen LogP contribution >= 0.6 is 11.3 Å². The van der Waals surface area contributed by atoms with Crippen molar-refractivity contribution in [2.45, 2.75) is 51.0 Å². The molecule has 6 nitrogen and oxygen atoms in total. The van der Waals surface area contributed by atoms with E-state index in [1.54, 1.807) is 11.3 Å². The Labute approximate surface area is 140 Å². The summed E-state index contributed by atoms with van der Waals surface area (Å²) in [5.74, 6) is -2.54. The molecule has 0 spiro atoms. The summed E-state index contributed by atoms with van der Waals surface area (Å²) >= 11 is 1.71. The van der Waals surface area contributed by atoms with Gasteiger partial charge in [-0.2, -0.15) is 13.2 Å². The lowest BCUT2D eigenvalue weighted by atomic mass is 9.99. The molecule has 3 heterocycles.